The van der Waals surface area contributed by atoms with Gasteiger partial charge >= 0.3 is 0 Å². The number of hydrogen-bond donors (Lipinski definition) is 1. The topological polar surface area (TPSA) is 45.2 Å². The van der Waals surface area contributed by atoms with Gasteiger partial charge in [0.2, 0.25) is 0 Å². The Balaban J connectivity index is 1.53. The molecule has 4 aromatic carbocycles. The number of carbonyl (C=O) groups is 1. The molecule has 1 heterocycles. The van der Waals surface area contributed by atoms with Crippen LogP contribution in [0.4, 0.5) is 11.4 Å². The van der Waals surface area contributed by atoms with Crippen LogP contribution in [-0.4, -0.2) is 28.9 Å². The molecule has 0 saturated heterocycles. The summed E-state index contributed by atoms with van der Waals surface area (Å²) in [4.78, 5) is 19.4. The van der Waals surface area contributed by atoms with Gasteiger partial charge in [-0.2, -0.15) is 0 Å². The van der Waals surface area contributed by atoms with E-state index < -0.39 is 0 Å². The van der Waals surface area contributed by atoms with Crippen LogP contribution in [0.15, 0.2) is 103 Å². The molecule has 1 N–H and O–H groups in total. The number of carbonyl (C=O) groups excluding carboxylic acids is 1. The van der Waals surface area contributed by atoms with Crippen LogP contribution in [0.25, 0.3) is 22.0 Å². The Bertz CT molecular complexity index is 1580. The summed E-state index contributed by atoms with van der Waals surface area (Å²) in [6.07, 6.45) is 2.71. The molecule has 0 spiro atoms. The lowest BCUT2D eigenvalue weighted by atomic mass is 9.92. The van der Waals surface area contributed by atoms with E-state index in [9.17, 15) is 4.79 Å². The van der Waals surface area contributed by atoms with E-state index in [4.69, 9.17) is 16.6 Å². The van der Waals surface area contributed by atoms with E-state index in [2.05, 4.69) is 47.8 Å². The van der Waals surface area contributed by atoms with Crippen LogP contribution in [0.3, 0.4) is 0 Å². The summed E-state index contributed by atoms with van der Waals surface area (Å²) in [5.74, 6) is 0.0399. The molecule has 4 nitrogen and oxygen atoms in total. The maximum Gasteiger partial charge on any atom is 0.253 e. The number of benzene rings is 4. The molecule has 5 aromatic rings. The Labute approximate surface area is 228 Å². The standard InChI is InChI=1S/C33H30ClN3O/c1-3-37(4-2)33(38)25-14-9-16-28(21-25)36-27-15-8-13-24(20-27)31-26(19-23-11-6-5-7-12-23)22-35-32-29(31)17-10-18-30(32)34/h5-18,20-22,36H,3-4,19H2,1-2H3. The van der Waals surface area contributed by atoms with E-state index >= 15 is 0 Å². The highest BCUT2D eigenvalue weighted by molar-refractivity contribution is 6.35. The smallest absolute Gasteiger partial charge is 0.253 e. The minimum absolute atomic E-state index is 0.0399. The molecule has 190 valence electrons. The fraction of sp³-hybridized carbons (Fsp3) is 0.152. The van der Waals surface area contributed by atoms with Gasteiger partial charge in [-0.05, 0) is 78.9 Å². The monoisotopic (exact) mass is 519 g/mol. The lowest BCUT2D eigenvalue weighted by molar-refractivity contribution is 0.0773. The number of anilines is 2. The number of pyridine rings is 1. The molecule has 0 unspecified atom stereocenters. The van der Waals surface area contributed by atoms with Crippen molar-refractivity contribution in [2.24, 2.45) is 0 Å². The van der Waals surface area contributed by atoms with Gasteiger partial charge in [0.25, 0.3) is 5.91 Å². The van der Waals surface area contributed by atoms with Crippen LogP contribution < -0.4 is 5.32 Å². The number of amides is 1. The summed E-state index contributed by atoms with van der Waals surface area (Å²) in [6, 6.07) is 32.4. The molecular formula is C33H30ClN3O. The maximum atomic E-state index is 12.9. The van der Waals surface area contributed by atoms with Gasteiger partial charge in [0.05, 0.1) is 10.5 Å². The highest BCUT2D eigenvalue weighted by atomic mass is 35.5. The van der Waals surface area contributed by atoms with Gasteiger partial charge in [-0.3, -0.25) is 9.78 Å². The summed E-state index contributed by atoms with van der Waals surface area (Å²) >= 11 is 6.55. The zero-order valence-corrected chi connectivity index (χ0v) is 22.4. The van der Waals surface area contributed by atoms with Crippen LogP contribution in [0.5, 0.6) is 0 Å². The molecule has 0 aliphatic rings. The number of nitrogens with zero attached hydrogens (tertiary/aromatic N) is 2. The molecule has 0 aliphatic heterocycles. The Morgan fingerprint density at radius 2 is 1.55 bits per heavy atom. The van der Waals surface area contributed by atoms with E-state index in [1.807, 2.05) is 79.5 Å². The Hall–Kier alpha value is -4.15. The third kappa shape index (κ3) is 5.41. The lowest BCUT2D eigenvalue weighted by Gasteiger charge is -2.19. The van der Waals surface area contributed by atoms with Gasteiger partial charge in [-0.25, -0.2) is 0 Å². The molecule has 0 aliphatic carbocycles. The SMILES string of the molecule is CCN(CC)C(=O)c1cccc(Nc2cccc(-c3c(Cc4ccccc4)cnc4c(Cl)cccc34)c2)c1. The van der Waals surface area contributed by atoms with Crippen molar-refractivity contribution in [1.29, 1.82) is 0 Å². The summed E-state index contributed by atoms with van der Waals surface area (Å²) < 4.78 is 0. The predicted molar refractivity (Wildman–Crippen MR) is 158 cm³/mol. The molecule has 0 atom stereocenters. The molecule has 5 rings (SSSR count). The number of hydrogen-bond acceptors (Lipinski definition) is 3. The van der Waals surface area contributed by atoms with Crippen LogP contribution in [0, 0.1) is 0 Å². The number of nitrogens with one attached hydrogen (secondary N) is 1. The molecule has 0 fully saturated rings. The first kappa shape index (κ1) is 25.5. The minimum Gasteiger partial charge on any atom is -0.355 e. The molecule has 1 aromatic heterocycles. The second-order valence-electron chi connectivity index (χ2n) is 9.22. The number of para-hydroxylation sites is 1. The second-order valence-corrected chi connectivity index (χ2v) is 9.63. The van der Waals surface area contributed by atoms with Gasteiger partial charge in [0, 0.05) is 41.6 Å². The van der Waals surface area contributed by atoms with Gasteiger partial charge < -0.3 is 10.2 Å². The molecule has 0 saturated carbocycles. The van der Waals surface area contributed by atoms with Crippen molar-refractivity contribution >= 4 is 39.8 Å². The highest BCUT2D eigenvalue weighted by Crippen LogP contribution is 2.36. The van der Waals surface area contributed by atoms with E-state index in [0.29, 0.717) is 23.7 Å². The van der Waals surface area contributed by atoms with E-state index in [0.717, 1.165) is 45.4 Å². The third-order valence-electron chi connectivity index (χ3n) is 6.76. The molecule has 5 heteroatoms. The number of halogens is 1. The predicted octanol–water partition coefficient (Wildman–Crippen LogP) is 8.37. The van der Waals surface area contributed by atoms with Gasteiger partial charge in [0.1, 0.15) is 0 Å². The van der Waals surface area contributed by atoms with Crippen molar-refractivity contribution < 1.29 is 4.79 Å². The van der Waals surface area contributed by atoms with Gasteiger partial charge in [-0.1, -0.05) is 72.3 Å². The van der Waals surface area contributed by atoms with Gasteiger partial charge in [0.15, 0.2) is 0 Å². The lowest BCUT2D eigenvalue weighted by Crippen LogP contribution is -2.30. The summed E-state index contributed by atoms with van der Waals surface area (Å²) in [5.41, 5.74) is 7.83. The van der Waals surface area contributed by atoms with Crippen LogP contribution >= 0.6 is 11.6 Å². The first-order valence-electron chi connectivity index (χ1n) is 12.9. The van der Waals surface area contributed by atoms with Crippen molar-refractivity contribution in [3.05, 3.63) is 125 Å². The van der Waals surface area contributed by atoms with Crippen molar-refractivity contribution in [2.45, 2.75) is 20.3 Å². The van der Waals surface area contributed by atoms with E-state index in [1.54, 1.807) is 0 Å². The average molecular weight is 520 g/mol. The first-order chi connectivity index (χ1) is 18.6. The largest absolute Gasteiger partial charge is 0.355 e. The molecule has 1 amide bonds. The fourth-order valence-corrected chi connectivity index (χ4v) is 5.08. The number of rotatable bonds is 8. The van der Waals surface area contributed by atoms with Crippen LogP contribution in [-0.2, 0) is 6.42 Å². The number of aromatic nitrogens is 1. The van der Waals surface area contributed by atoms with Crippen molar-refractivity contribution in [2.75, 3.05) is 18.4 Å². The average Bonchev–Trinajstić information content (AvgIpc) is 2.94. The zero-order valence-electron chi connectivity index (χ0n) is 21.6. The van der Waals surface area contributed by atoms with E-state index in [1.165, 1.54) is 5.56 Å². The molecule has 38 heavy (non-hydrogen) atoms. The maximum absolute atomic E-state index is 12.9. The van der Waals surface area contributed by atoms with Gasteiger partial charge in [-0.15, -0.1) is 0 Å². The number of fused-ring (bicyclic) bond motifs is 1. The molecule has 0 radical (unpaired) electrons. The van der Waals surface area contributed by atoms with Crippen molar-refractivity contribution in [3.8, 4) is 11.1 Å². The molecule has 0 bridgehead atoms. The molecular weight excluding hydrogens is 490 g/mol. The summed E-state index contributed by atoms with van der Waals surface area (Å²) in [7, 11) is 0. The third-order valence-corrected chi connectivity index (χ3v) is 7.07. The minimum atomic E-state index is 0.0399. The van der Waals surface area contributed by atoms with Crippen molar-refractivity contribution in [1.82, 2.24) is 9.88 Å². The fourth-order valence-electron chi connectivity index (χ4n) is 4.86. The summed E-state index contributed by atoms with van der Waals surface area (Å²) in [5, 5.41) is 5.16. The second kappa shape index (κ2) is 11.5. The summed E-state index contributed by atoms with van der Waals surface area (Å²) in [6.45, 7) is 5.36. The van der Waals surface area contributed by atoms with Crippen molar-refractivity contribution in [3.63, 3.8) is 0 Å². The quantitative estimate of drug-likeness (QED) is 0.224. The van der Waals surface area contributed by atoms with Crippen LogP contribution in [0.2, 0.25) is 5.02 Å². The highest BCUT2D eigenvalue weighted by Gasteiger charge is 2.15. The Morgan fingerprint density at radius 1 is 0.842 bits per heavy atom. The first-order valence-corrected chi connectivity index (χ1v) is 13.3. The normalized spacial score (nSPS) is 10.9. The Kier molecular flexibility index (Phi) is 7.71. The van der Waals surface area contributed by atoms with E-state index in [-0.39, 0.29) is 5.91 Å². The van der Waals surface area contributed by atoms with Crippen LogP contribution in [0.1, 0.15) is 35.3 Å². The zero-order chi connectivity index (χ0) is 26.5. The Morgan fingerprint density at radius 3 is 2.32 bits per heavy atom.